The lowest BCUT2D eigenvalue weighted by Gasteiger charge is -2.23. The van der Waals surface area contributed by atoms with Crippen LogP contribution in [0.5, 0.6) is 0 Å². The number of amides is 1. The van der Waals surface area contributed by atoms with Gasteiger partial charge in [-0.2, -0.15) is 5.10 Å². The number of piperidine rings is 1. The van der Waals surface area contributed by atoms with Crippen LogP contribution < -0.4 is 10.6 Å². The number of pyridine rings is 1. The molecule has 2 fully saturated rings. The van der Waals surface area contributed by atoms with E-state index < -0.39 is 0 Å². The minimum absolute atomic E-state index is 0.0218. The predicted molar refractivity (Wildman–Crippen MR) is 135 cm³/mol. The third-order valence-corrected chi connectivity index (χ3v) is 6.79. The lowest BCUT2D eigenvalue weighted by molar-refractivity contribution is 0.0925. The van der Waals surface area contributed by atoms with Crippen LogP contribution in [0.4, 0.5) is 11.4 Å². The molecule has 1 amide bonds. The van der Waals surface area contributed by atoms with Crippen LogP contribution in [-0.2, 0) is 0 Å². The van der Waals surface area contributed by atoms with E-state index in [1.165, 1.54) is 6.42 Å². The van der Waals surface area contributed by atoms with Crippen molar-refractivity contribution in [1.82, 2.24) is 25.4 Å². The molecule has 170 valence electrons. The van der Waals surface area contributed by atoms with E-state index in [1.807, 2.05) is 72.8 Å². The molecule has 2 aliphatic heterocycles. The smallest absolute Gasteiger partial charge is 0.253 e. The van der Waals surface area contributed by atoms with E-state index >= 15 is 0 Å². The zero-order valence-electron chi connectivity index (χ0n) is 18.7. The van der Waals surface area contributed by atoms with E-state index in [2.05, 4.69) is 30.7 Å². The number of carbonyl (C=O) groups is 1. The molecular formula is C27H26N6O. The Hall–Kier alpha value is -3.97. The molecule has 34 heavy (non-hydrogen) atoms. The lowest BCUT2D eigenvalue weighted by atomic mass is 9.99. The third-order valence-electron chi connectivity index (χ3n) is 6.79. The molecule has 7 nitrogen and oxygen atoms in total. The lowest BCUT2D eigenvalue weighted by Crippen LogP contribution is -2.43. The van der Waals surface area contributed by atoms with E-state index in [9.17, 15) is 4.79 Å². The van der Waals surface area contributed by atoms with Gasteiger partial charge in [0.2, 0.25) is 0 Å². The largest absolute Gasteiger partial charge is 0.355 e. The van der Waals surface area contributed by atoms with Crippen LogP contribution in [0.25, 0.3) is 23.1 Å². The van der Waals surface area contributed by atoms with Crippen LogP contribution in [0, 0.1) is 5.92 Å². The number of hydrogen-bond donors (Lipinski definition) is 3. The SMILES string of the molecule is O=C(N[C@@H]1CN2CC[C@H]1C2)c1ccccc1Nc1ccc2c(/C=C/c3ccccn3)n[nH]c2c1. The molecule has 0 spiro atoms. The fourth-order valence-electron chi connectivity index (χ4n) is 5.02. The average Bonchev–Trinajstić information content (AvgIpc) is 3.59. The van der Waals surface area contributed by atoms with E-state index in [1.54, 1.807) is 6.20 Å². The van der Waals surface area contributed by atoms with Crippen LogP contribution in [0.2, 0.25) is 0 Å². The Morgan fingerprint density at radius 1 is 1.06 bits per heavy atom. The highest BCUT2D eigenvalue weighted by molar-refractivity contribution is 6.01. The molecule has 2 bridgehead atoms. The Morgan fingerprint density at radius 3 is 2.79 bits per heavy atom. The first-order valence-corrected chi connectivity index (χ1v) is 11.7. The minimum atomic E-state index is -0.0218. The molecule has 4 heterocycles. The normalized spacial score (nSPS) is 21.4. The highest BCUT2D eigenvalue weighted by Gasteiger charge is 2.38. The molecule has 7 heteroatoms. The molecule has 2 saturated heterocycles. The molecule has 3 N–H and O–H groups in total. The van der Waals surface area contributed by atoms with Gasteiger partial charge in [-0.15, -0.1) is 0 Å². The van der Waals surface area contributed by atoms with Gasteiger partial charge >= 0.3 is 0 Å². The van der Waals surface area contributed by atoms with E-state index in [0.29, 0.717) is 11.5 Å². The van der Waals surface area contributed by atoms with Gasteiger partial charge in [0.25, 0.3) is 5.91 Å². The van der Waals surface area contributed by atoms with Crippen molar-refractivity contribution in [2.24, 2.45) is 5.92 Å². The van der Waals surface area contributed by atoms with Gasteiger partial charge in [-0.3, -0.25) is 14.9 Å². The molecule has 1 unspecified atom stereocenters. The maximum Gasteiger partial charge on any atom is 0.253 e. The summed E-state index contributed by atoms with van der Waals surface area (Å²) in [7, 11) is 0. The maximum atomic E-state index is 13.1. The highest BCUT2D eigenvalue weighted by atomic mass is 16.1. The zero-order valence-corrected chi connectivity index (χ0v) is 18.7. The van der Waals surface area contributed by atoms with Crippen LogP contribution in [0.1, 0.15) is 28.2 Å². The number of para-hydroxylation sites is 1. The number of benzene rings is 2. The van der Waals surface area contributed by atoms with Crippen molar-refractivity contribution in [3.05, 3.63) is 83.8 Å². The standard InChI is InChI=1S/C27H26N6O/c34-27(30-26-17-33-14-12-18(26)16-33)22-6-1-2-7-23(22)29-20-8-10-21-24(31-32-25(21)15-20)11-9-19-5-3-4-13-28-19/h1-11,13,15,18,26,29H,12,14,16-17H2,(H,30,34)(H,31,32)/b11-9+/t18-,26+/m0/s1. The number of fused-ring (bicyclic) bond motifs is 3. The van der Waals surface area contributed by atoms with Crippen LogP contribution in [0.3, 0.4) is 0 Å². The molecular weight excluding hydrogens is 424 g/mol. The summed E-state index contributed by atoms with van der Waals surface area (Å²) in [5.74, 6) is 0.555. The summed E-state index contributed by atoms with van der Waals surface area (Å²) in [5, 5.41) is 15.3. The number of aromatic amines is 1. The van der Waals surface area contributed by atoms with Gasteiger partial charge < -0.3 is 15.5 Å². The van der Waals surface area contributed by atoms with E-state index in [-0.39, 0.29) is 11.9 Å². The molecule has 0 saturated carbocycles. The number of aromatic nitrogens is 3. The van der Waals surface area contributed by atoms with Crippen molar-refractivity contribution in [3.8, 4) is 0 Å². The predicted octanol–water partition coefficient (Wildman–Crippen LogP) is 4.31. The summed E-state index contributed by atoms with van der Waals surface area (Å²) >= 11 is 0. The quantitative estimate of drug-likeness (QED) is 0.408. The molecule has 6 rings (SSSR count). The number of carbonyl (C=O) groups excluding carboxylic acids is 1. The van der Waals surface area contributed by atoms with Gasteiger partial charge in [-0.25, -0.2) is 0 Å². The first-order valence-electron chi connectivity index (χ1n) is 11.7. The molecule has 2 aliphatic rings. The second-order valence-corrected chi connectivity index (χ2v) is 9.02. The molecule has 2 aromatic heterocycles. The van der Waals surface area contributed by atoms with Crippen LogP contribution in [0.15, 0.2) is 66.9 Å². The number of rotatable bonds is 6. The Bertz CT molecular complexity index is 1360. The molecule has 0 aliphatic carbocycles. The molecule has 2 aromatic carbocycles. The monoisotopic (exact) mass is 450 g/mol. The average molecular weight is 451 g/mol. The van der Waals surface area contributed by atoms with Gasteiger partial charge in [0.15, 0.2) is 0 Å². The van der Waals surface area contributed by atoms with Gasteiger partial charge in [-0.05, 0) is 73.5 Å². The Kier molecular flexibility index (Phi) is 5.31. The molecule has 3 atom stereocenters. The zero-order chi connectivity index (χ0) is 22.9. The second kappa shape index (κ2) is 8.76. The summed E-state index contributed by atoms with van der Waals surface area (Å²) in [6.07, 6.45) is 6.85. The van der Waals surface area contributed by atoms with Gasteiger partial charge in [-0.1, -0.05) is 18.2 Å². The van der Waals surface area contributed by atoms with Crippen molar-refractivity contribution >= 4 is 40.3 Å². The van der Waals surface area contributed by atoms with Crippen LogP contribution >= 0.6 is 0 Å². The minimum Gasteiger partial charge on any atom is -0.355 e. The van der Waals surface area contributed by atoms with Crippen molar-refractivity contribution in [2.45, 2.75) is 12.5 Å². The van der Waals surface area contributed by atoms with E-state index in [0.717, 1.165) is 53.3 Å². The number of nitrogens with one attached hydrogen (secondary N) is 3. The molecule has 4 aromatic rings. The summed E-state index contributed by atoms with van der Waals surface area (Å²) in [4.78, 5) is 19.8. The van der Waals surface area contributed by atoms with Gasteiger partial charge in [0, 0.05) is 36.4 Å². The van der Waals surface area contributed by atoms with Crippen LogP contribution in [-0.4, -0.2) is 51.7 Å². The topological polar surface area (TPSA) is 85.9 Å². The first kappa shape index (κ1) is 20.6. The summed E-state index contributed by atoms with van der Waals surface area (Å²) in [6, 6.07) is 19.8. The number of anilines is 2. The fourth-order valence-corrected chi connectivity index (χ4v) is 5.02. The molecule has 0 radical (unpaired) electrons. The highest BCUT2D eigenvalue weighted by Crippen LogP contribution is 2.29. The number of H-pyrrole nitrogens is 1. The summed E-state index contributed by atoms with van der Waals surface area (Å²) < 4.78 is 0. The third kappa shape index (κ3) is 4.06. The fraction of sp³-hybridized carbons (Fsp3) is 0.222. The number of nitrogens with zero attached hydrogens (tertiary/aromatic N) is 3. The van der Waals surface area contributed by atoms with Gasteiger partial charge in [0.1, 0.15) is 0 Å². The van der Waals surface area contributed by atoms with Crippen molar-refractivity contribution in [1.29, 1.82) is 0 Å². The summed E-state index contributed by atoms with van der Waals surface area (Å²) in [5.41, 5.74) is 5.00. The van der Waals surface area contributed by atoms with Gasteiger partial charge in [0.05, 0.1) is 28.2 Å². The van der Waals surface area contributed by atoms with E-state index in [4.69, 9.17) is 0 Å². The maximum absolute atomic E-state index is 13.1. The van der Waals surface area contributed by atoms with Crippen molar-refractivity contribution in [2.75, 3.05) is 25.0 Å². The Labute approximate surface area is 197 Å². The van der Waals surface area contributed by atoms with Crippen molar-refractivity contribution < 1.29 is 4.79 Å². The van der Waals surface area contributed by atoms with Crippen molar-refractivity contribution in [3.63, 3.8) is 0 Å². The Morgan fingerprint density at radius 2 is 1.97 bits per heavy atom. The Balaban J connectivity index is 1.20. The number of hydrogen-bond acceptors (Lipinski definition) is 5. The first-order chi connectivity index (χ1) is 16.7. The second-order valence-electron chi connectivity index (χ2n) is 9.02. The summed E-state index contributed by atoms with van der Waals surface area (Å²) in [6.45, 7) is 3.22.